The lowest BCUT2D eigenvalue weighted by Crippen LogP contribution is -2.30. The second-order valence-corrected chi connectivity index (χ2v) is 6.37. The second-order valence-electron chi connectivity index (χ2n) is 6.37. The summed E-state index contributed by atoms with van der Waals surface area (Å²) in [7, 11) is 1.69. The van der Waals surface area contributed by atoms with Crippen LogP contribution >= 0.6 is 0 Å². The number of carbonyl (C=O) groups excluding carboxylic acids is 2. The van der Waals surface area contributed by atoms with E-state index in [0.29, 0.717) is 17.1 Å². The van der Waals surface area contributed by atoms with Gasteiger partial charge in [0.2, 0.25) is 0 Å². The Bertz CT molecular complexity index is 969. The van der Waals surface area contributed by atoms with Gasteiger partial charge in [-0.05, 0) is 38.1 Å². The number of amides is 1. The average Bonchev–Trinajstić information content (AvgIpc) is 3.20. The van der Waals surface area contributed by atoms with Crippen LogP contribution < -0.4 is 4.74 Å². The Hall–Kier alpha value is -3.48. The van der Waals surface area contributed by atoms with Gasteiger partial charge in [-0.25, -0.2) is 0 Å². The number of nitrogens with zero attached hydrogens (tertiary/aromatic N) is 3. The second kappa shape index (κ2) is 8.47. The van der Waals surface area contributed by atoms with Crippen LogP contribution in [0.25, 0.3) is 0 Å². The standard InChI is InChI=1S/C21H21N3O4/c1-14(18-9-6-7-11-22-18)24(3)21(26)19-12-16(28-23-19)13-27-20-10-5-4-8-17(20)15(2)25/h4-12,14H,13H2,1-3H3. The van der Waals surface area contributed by atoms with Crippen molar-refractivity contribution in [3.8, 4) is 5.75 Å². The fourth-order valence-electron chi connectivity index (χ4n) is 2.69. The monoisotopic (exact) mass is 379 g/mol. The summed E-state index contributed by atoms with van der Waals surface area (Å²) in [5, 5.41) is 3.85. The molecule has 1 atom stereocenters. The first-order valence-corrected chi connectivity index (χ1v) is 8.84. The number of rotatable bonds is 7. The number of benzene rings is 1. The normalized spacial score (nSPS) is 11.7. The summed E-state index contributed by atoms with van der Waals surface area (Å²) in [6.45, 7) is 3.43. The third-order valence-corrected chi connectivity index (χ3v) is 4.43. The average molecular weight is 379 g/mol. The van der Waals surface area contributed by atoms with Crippen LogP contribution in [0, 0.1) is 0 Å². The number of ketones is 1. The van der Waals surface area contributed by atoms with Gasteiger partial charge in [-0.2, -0.15) is 0 Å². The van der Waals surface area contributed by atoms with Gasteiger partial charge in [0, 0.05) is 19.3 Å². The molecule has 144 valence electrons. The maximum absolute atomic E-state index is 12.7. The summed E-state index contributed by atoms with van der Waals surface area (Å²) >= 11 is 0. The van der Waals surface area contributed by atoms with E-state index >= 15 is 0 Å². The van der Waals surface area contributed by atoms with Crippen LogP contribution in [0.15, 0.2) is 59.3 Å². The Morgan fingerprint density at radius 2 is 1.93 bits per heavy atom. The number of Topliss-reactive ketones (excluding diaryl/α,β-unsaturated/α-hetero) is 1. The van der Waals surface area contributed by atoms with Gasteiger partial charge in [-0.3, -0.25) is 14.6 Å². The summed E-state index contributed by atoms with van der Waals surface area (Å²) in [6.07, 6.45) is 1.69. The van der Waals surface area contributed by atoms with Crippen LogP contribution in [0.1, 0.15) is 52.2 Å². The van der Waals surface area contributed by atoms with E-state index in [2.05, 4.69) is 10.1 Å². The van der Waals surface area contributed by atoms with Gasteiger partial charge in [0.1, 0.15) is 12.4 Å². The molecule has 7 nitrogen and oxygen atoms in total. The van der Waals surface area contributed by atoms with Crippen LogP contribution in [-0.2, 0) is 6.61 Å². The number of para-hydroxylation sites is 1. The molecule has 1 unspecified atom stereocenters. The van der Waals surface area contributed by atoms with Gasteiger partial charge in [0.15, 0.2) is 17.2 Å². The van der Waals surface area contributed by atoms with Gasteiger partial charge in [0.05, 0.1) is 17.3 Å². The molecule has 0 bridgehead atoms. The molecule has 2 heterocycles. The predicted octanol–water partition coefficient (Wildman–Crippen LogP) is 3.68. The van der Waals surface area contributed by atoms with Crippen molar-refractivity contribution in [3.05, 3.63) is 77.4 Å². The molecule has 0 aliphatic heterocycles. The summed E-state index contributed by atoms with van der Waals surface area (Å²) in [4.78, 5) is 30.2. The molecule has 0 saturated carbocycles. The molecule has 0 saturated heterocycles. The van der Waals surface area contributed by atoms with Crippen molar-refractivity contribution in [2.75, 3.05) is 7.05 Å². The van der Waals surface area contributed by atoms with Gasteiger partial charge in [0.25, 0.3) is 5.91 Å². The van der Waals surface area contributed by atoms with Crippen molar-refractivity contribution in [1.82, 2.24) is 15.0 Å². The molecule has 2 aromatic heterocycles. The zero-order chi connectivity index (χ0) is 20.1. The molecule has 3 aromatic rings. The van der Waals surface area contributed by atoms with E-state index in [-0.39, 0.29) is 30.0 Å². The number of hydrogen-bond acceptors (Lipinski definition) is 6. The Labute approximate surface area is 162 Å². The topological polar surface area (TPSA) is 85.5 Å². The zero-order valence-electron chi connectivity index (χ0n) is 16.0. The van der Waals surface area contributed by atoms with Crippen LogP contribution in [0.2, 0.25) is 0 Å². The minimum atomic E-state index is -0.280. The van der Waals surface area contributed by atoms with Crippen molar-refractivity contribution in [1.29, 1.82) is 0 Å². The quantitative estimate of drug-likeness (QED) is 0.582. The molecule has 0 spiro atoms. The highest BCUT2D eigenvalue weighted by Crippen LogP contribution is 2.21. The number of ether oxygens (including phenoxy) is 1. The van der Waals surface area contributed by atoms with Gasteiger partial charge in [-0.15, -0.1) is 0 Å². The minimum Gasteiger partial charge on any atom is -0.485 e. The minimum absolute atomic E-state index is 0.0596. The number of aromatic nitrogens is 2. The summed E-state index contributed by atoms with van der Waals surface area (Å²) < 4.78 is 10.9. The Kier molecular flexibility index (Phi) is 5.84. The number of pyridine rings is 1. The summed E-state index contributed by atoms with van der Waals surface area (Å²) in [6, 6.07) is 13.9. The van der Waals surface area contributed by atoms with Crippen molar-refractivity contribution in [3.63, 3.8) is 0 Å². The summed E-state index contributed by atoms with van der Waals surface area (Å²) in [5.41, 5.74) is 1.46. The van der Waals surface area contributed by atoms with E-state index in [1.165, 1.54) is 6.92 Å². The van der Waals surface area contributed by atoms with E-state index in [9.17, 15) is 9.59 Å². The lowest BCUT2D eigenvalue weighted by Gasteiger charge is -2.23. The Morgan fingerprint density at radius 1 is 1.18 bits per heavy atom. The molecule has 0 aliphatic carbocycles. The van der Waals surface area contributed by atoms with Crippen LogP contribution in [-0.4, -0.2) is 33.8 Å². The molecule has 7 heteroatoms. The highest BCUT2D eigenvalue weighted by atomic mass is 16.5. The van der Waals surface area contributed by atoms with Crippen LogP contribution in [0.3, 0.4) is 0 Å². The van der Waals surface area contributed by atoms with E-state index in [1.54, 1.807) is 48.5 Å². The van der Waals surface area contributed by atoms with Crippen molar-refractivity contribution < 1.29 is 18.8 Å². The van der Waals surface area contributed by atoms with Crippen molar-refractivity contribution >= 4 is 11.7 Å². The van der Waals surface area contributed by atoms with E-state index in [1.807, 2.05) is 25.1 Å². The molecule has 0 aliphatic rings. The lowest BCUT2D eigenvalue weighted by atomic mass is 10.1. The van der Waals surface area contributed by atoms with Crippen LogP contribution in [0.5, 0.6) is 5.75 Å². The third kappa shape index (κ3) is 4.25. The van der Waals surface area contributed by atoms with E-state index in [0.717, 1.165) is 5.69 Å². The highest BCUT2D eigenvalue weighted by Gasteiger charge is 2.23. The van der Waals surface area contributed by atoms with E-state index in [4.69, 9.17) is 9.26 Å². The predicted molar refractivity (Wildman–Crippen MR) is 102 cm³/mol. The van der Waals surface area contributed by atoms with E-state index < -0.39 is 0 Å². The molecule has 0 N–H and O–H groups in total. The molecule has 1 amide bonds. The largest absolute Gasteiger partial charge is 0.485 e. The molecule has 1 aromatic carbocycles. The van der Waals surface area contributed by atoms with Crippen molar-refractivity contribution in [2.24, 2.45) is 0 Å². The fraction of sp³-hybridized carbons (Fsp3) is 0.238. The highest BCUT2D eigenvalue weighted by molar-refractivity contribution is 5.96. The third-order valence-electron chi connectivity index (χ3n) is 4.43. The van der Waals surface area contributed by atoms with Crippen molar-refractivity contribution in [2.45, 2.75) is 26.5 Å². The first-order chi connectivity index (χ1) is 13.5. The van der Waals surface area contributed by atoms with Gasteiger partial charge in [-0.1, -0.05) is 23.4 Å². The SMILES string of the molecule is CC(=O)c1ccccc1OCc1cc(C(=O)N(C)C(C)c2ccccn2)no1. The Balaban J connectivity index is 1.67. The Morgan fingerprint density at radius 3 is 2.64 bits per heavy atom. The van der Waals surface area contributed by atoms with Gasteiger partial charge < -0.3 is 14.2 Å². The van der Waals surface area contributed by atoms with Crippen LogP contribution in [0.4, 0.5) is 0 Å². The number of hydrogen-bond donors (Lipinski definition) is 0. The van der Waals surface area contributed by atoms with Gasteiger partial charge >= 0.3 is 0 Å². The fourth-order valence-corrected chi connectivity index (χ4v) is 2.69. The maximum Gasteiger partial charge on any atom is 0.276 e. The molecular weight excluding hydrogens is 358 g/mol. The molecular formula is C21H21N3O4. The smallest absolute Gasteiger partial charge is 0.276 e. The molecule has 3 rings (SSSR count). The zero-order valence-corrected chi connectivity index (χ0v) is 16.0. The molecule has 28 heavy (non-hydrogen) atoms. The first-order valence-electron chi connectivity index (χ1n) is 8.84. The number of carbonyl (C=O) groups is 2. The maximum atomic E-state index is 12.7. The summed E-state index contributed by atoms with van der Waals surface area (Å²) in [5.74, 6) is 0.479. The first kappa shape index (κ1) is 19.3. The molecule has 0 radical (unpaired) electrons. The lowest BCUT2D eigenvalue weighted by molar-refractivity contribution is 0.0728. The molecule has 0 fully saturated rings.